The molecule has 0 aromatic carbocycles. The van der Waals surface area contributed by atoms with Gasteiger partial charge in [0, 0.05) is 12.1 Å². The minimum absolute atomic E-state index is 0.219. The summed E-state index contributed by atoms with van der Waals surface area (Å²) in [6, 6.07) is 0. The fraction of sp³-hybridized carbons (Fsp3) is 1.00. The van der Waals surface area contributed by atoms with Crippen molar-refractivity contribution in [3.63, 3.8) is 0 Å². The molecule has 1 atom stereocenters. The molecule has 1 saturated carbocycles. The molecule has 1 aliphatic heterocycles. The zero-order valence-electron chi connectivity index (χ0n) is 14.9. The summed E-state index contributed by atoms with van der Waals surface area (Å²) in [7, 11) is -0.944. The lowest BCUT2D eigenvalue weighted by molar-refractivity contribution is -0.0589. The Bertz CT molecular complexity index is 500. The maximum Gasteiger partial charge on any atom is 0.152 e. The van der Waals surface area contributed by atoms with Crippen molar-refractivity contribution in [3.05, 3.63) is 0 Å². The maximum atomic E-state index is 11.8. The van der Waals surface area contributed by atoms with Crippen LogP contribution in [0.4, 0.5) is 0 Å². The molecule has 0 amide bonds. The third-order valence-electron chi connectivity index (χ3n) is 6.08. The lowest BCUT2D eigenvalue weighted by Crippen LogP contribution is -2.53. The normalized spacial score (nSPS) is 39.3. The molecule has 130 valence electrons. The van der Waals surface area contributed by atoms with Crippen LogP contribution in [0, 0.1) is 11.3 Å². The van der Waals surface area contributed by atoms with Crippen molar-refractivity contribution in [1.82, 2.24) is 4.90 Å². The van der Waals surface area contributed by atoms with Crippen molar-refractivity contribution in [2.75, 3.05) is 25.1 Å². The highest BCUT2D eigenvalue weighted by Crippen LogP contribution is 2.42. The molecule has 2 fully saturated rings. The largest absolute Gasteiger partial charge is 0.389 e. The molecule has 0 bridgehead atoms. The Morgan fingerprint density at radius 1 is 1.18 bits per heavy atom. The molecular weight excluding hydrogens is 298 g/mol. The predicted octanol–water partition coefficient (Wildman–Crippen LogP) is 2.46. The average Bonchev–Trinajstić information content (AvgIpc) is 2.64. The second-order valence-corrected chi connectivity index (χ2v) is 11.2. The van der Waals surface area contributed by atoms with Crippen molar-refractivity contribution in [1.29, 1.82) is 0 Å². The fourth-order valence-electron chi connectivity index (χ4n) is 4.11. The van der Waals surface area contributed by atoms with Crippen LogP contribution in [-0.4, -0.2) is 54.7 Å². The first-order chi connectivity index (χ1) is 9.85. The summed E-state index contributed by atoms with van der Waals surface area (Å²) in [6.45, 7) is 9.42. The van der Waals surface area contributed by atoms with Gasteiger partial charge in [-0.15, -0.1) is 0 Å². The number of hydrogen-bond donors (Lipinski definition) is 1. The Kier molecular flexibility index (Phi) is 4.76. The molecule has 5 heteroatoms. The number of hydrogen-bond acceptors (Lipinski definition) is 4. The molecule has 1 aliphatic carbocycles. The maximum absolute atomic E-state index is 11.8. The minimum Gasteiger partial charge on any atom is -0.389 e. The fourth-order valence-corrected chi connectivity index (χ4v) is 6.31. The van der Waals surface area contributed by atoms with Crippen LogP contribution in [0.2, 0.25) is 0 Å². The van der Waals surface area contributed by atoms with E-state index in [1.54, 1.807) is 0 Å². The summed E-state index contributed by atoms with van der Waals surface area (Å²) < 4.78 is 23.6. The van der Waals surface area contributed by atoms with Crippen molar-refractivity contribution in [3.8, 4) is 0 Å². The standard InChI is InChI=1S/C17H33NO3S/c1-15(2,3)14-6-8-17(19,9-7-14)12-18(5)16(4)10-11-22(20,21)13-16/h14,19H,6-13H2,1-5H3. The number of rotatable bonds is 3. The van der Waals surface area contributed by atoms with Gasteiger partial charge in [0.25, 0.3) is 0 Å². The van der Waals surface area contributed by atoms with E-state index in [-0.39, 0.29) is 17.0 Å². The summed E-state index contributed by atoms with van der Waals surface area (Å²) >= 11 is 0. The number of β-amino-alcohol motifs (C(OH)–C–C–N with tert-alkyl or cyclic N) is 1. The van der Waals surface area contributed by atoms with E-state index >= 15 is 0 Å². The predicted molar refractivity (Wildman–Crippen MR) is 90.7 cm³/mol. The van der Waals surface area contributed by atoms with E-state index in [0.717, 1.165) is 25.7 Å². The summed E-state index contributed by atoms with van der Waals surface area (Å²) in [5.74, 6) is 1.16. The van der Waals surface area contributed by atoms with Gasteiger partial charge in [0.1, 0.15) is 0 Å². The van der Waals surface area contributed by atoms with Crippen LogP contribution in [0.25, 0.3) is 0 Å². The number of likely N-dealkylation sites (N-methyl/N-ethyl adjacent to an activating group) is 1. The summed E-state index contributed by atoms with van der Waals surface area (Å²) in [6.07, 6.45) is 4.43. The van der Waals surface area contributed by atoms with Crippen LogP contribution in [-0.2, 0) is 9.84 Å². The van der Waals surface area contributed by atoms with E-state index in [4.69, 9.17) is 0 Å². The lowest BCUT2D eigenvalue weighted by Gasteiger charge is -2.45. The first-order valence-corrected chi connectivity index (χ1v) is 10.3. The quantitative estimate of drug-likeness (QED) is 0.863. The molecule has 2 aliphatic rings. The molecule has 1 N–H and O–H groups in total. The molecule has 0 radical (unpaired) electrons. The monoisotopic (exact) mass is 331 g/mol. The van der Waals surface area contributed by atoms with Crippen LogP contribution < -0.4 is 0 Å². The number of aliphatic hydroxyl groups is 1. The van der Waals surface area contributed by atoms with Crippen molar-refractivity contribution in [2.45, 2.75) is 70.9 Å². The molecular formula is C17H33NO3S. The highest BCUT2D eigenvalue weighted by Gasteiger charge is 2.45. The first kappa shape index (κ1) is 18.2. The van der Waals surface area contributed by atoms with Crippen LogP contribution in [0.1, 0.15) is 59.8 Å². The van der Waals surface area contributed by atoms with Gasteiger partial charge in [0.05, 0.1) is 17.1 Å². The van der Waals surface area contributed by atoms with Gasteiger partial charge in [0.2, 0.25) is 0 Å². The average molecular weight is 332 g/mol. The zero-order chi connectivity index (χ0) is 16.8. The molecule has 2 rings (SSSR count). The van der Waals surface area contributed by atoms with Crippen LogP contribution in [0.5, 0.6) is 0 Å². The van der Waals surface area contributed by atoms with E-state index in [0.29, 0.717) is 24.3 Å². The van der Waals surface area contributed by atoms with Gasteiger partial charge < -0.3 is 5.11 Å². The van der Waals surface area contributed by atoms with Gasteiger partial charge in [-0.25, -0.2) is 8.42 Å². The minimum atomic E-state index is -2.91. The van der Waals surface area contributed by atoms with Crippen LogP contribution in [0.15, 0.2) is 0 Å². The molecule has 1 saturated heterocycles. The van der Waals surface area contributed by atoms with Gasteiger partial charge in [-0.05, 0) is 57.4 Å². The third kappa shape index (κ3) is 4.04. The number of sulfone groups is 1. The van der Waals surface area contributed by atoms with E-state index < -0.39 is 15.4 Å². The molecule has 1 unspecified atom stereocenters. The summed E-state index contributed by atoms with van der Waals surface area (Å²) in [5, 5.41) is 10.9. The Morgan fingerprint density at radius 2 is 1.73 bits per heavy atom. The topological polar surface area (TPSA) is 57.6 Å². The van der Waals surface area contributed by atoms with E-state index in [1.165, 1.54) is 0 Å². The highest BCUT2D eigenvalue weighted by atomic mass is 32.2. The second-order valence-electron chi connectivity index (χ2n) is 9.06. The van der Waals surface area contributed by atoms with Crippen LogP contribution >= 0.6 is 0 Å². The zero-order valence-corrected chi connectivity index (χ0v) is 15.7. The highest BCUT2D eigenvalue weighted by molar-refractivity contribution is 7.91. The molecule has 0 aromatic rings. The van der Waals surface area contributed by atoms with E-state index in [1.807, 2.05) is 14.0 Å². The van der Waals surface area contributed by atoms with Gasteiger partial charge in [-0.2, -0.15) is 0 Å². The smallest absolute Gasteiger partial charge is 0.152 e. The first-order valence-electron chi connectivity index (χ1n) is 8.49. The van der Waals surface area contributed by atoms with Crippen molar-refractivity contribution in [2.24, 2.45) is 11.3 Å². The Balaban J connectivity index is 1.96. The summed E-state index contributed by atoms with van der Waals surface area (Å²) in [4.78, 5) is 2.09. The molecule has 0 spiro atoms. The third-order valence-corrected chi connectivity index (χ3v) is 7.96. The van der Waals surface area contributed by atoms with Gasteiger partial charge in [-0.3, -0.25) is 4.90 Å². The number of nitrogens with zero attached hydrogens (tertiary/aromatic N) is 1. The summed E-state index contributed by atoms with van der Waals surface area (Å²) in [5.41, 5.74) is -0.681. The Morgan fingerprint density at radius 3 is 2.14 bits per heavy atom. The van der Waals surface area contributed by atoms with Crippen LogP contribution in [0.3, 0.4) is 0 Å². The Hall–Kier alpha value is -0.130. The van der Waals surface area contributed by atoms with Crippen molar-refractivity contribution < 1.29 is 13.5 Å². The SMILES string of the molecule is CN(CC1(O)CCC(C(C)(C)C)CC1)C1(C)CCS(=O)(=O)C1. The molecule has 4 nitrogen and oxygen atoms in total. The second kappa shape index (κ2) is 5.75. The molecule has 0 aromatic heterocycles. The van der Waals surface area contributed by atoms with Gasteiger partial charge in [-0.1, -0.05) is 20.8 Å². The van der Waals surface area contributed by atoms with Crippen molar-refractivity contribution >= 4 is 9.84 Å². The van der Waals surface area contributed by atoms with E-state index in [9.17, 15) is 13.5 Å². The van der Waals surface area contributed by atoms with E-state index in [2.05, 4.69) is 25.7 Å². The van der Waals surface area contributed by atoms with Gasteiger partial charge in [0.15, 0.2) is 9.84 Å². The van der Waals surface area contributed by atoms with Gasteiger partial charge >= 0.3 is 0 Å². The molecule has 22 heavy (non-hydrogen) atoms. The molecule has 1 heterocycles. The Labute approximate surface area is 136 Å². The lowest BCUT2D eigenvalue weighted by atomic mass is 9.68.